The molecule has 1 aliphatic carbocycles. The molecule has 0 amide bonds. The molecule has 1 fully saturated rings. The Balaban J connectivity index is 2.01. The molecule has 0 radical (unpaired) electrons. The molecule has 1 aromatic carbocycles. The minimum Gasteiger partial charge on any atom is -0.398 e. The summed E-state index contributed by atoms with van der Waals surface area (Å²) in [5.74, 6) is 0. The zero-order valence-corrected chi connectivity index (χ0v) is 12.7. The van der Waals surface area contributed by atoms with Crippen LogP contribution >= 0.6 is 0 Å². The Hall–Kier alpha value is -1.06. The van der Waals surface area contributed by atoms with E-state index in [2.05, 4.69) is 50.0 Å². The Morgan fingerprint density at radius 2 is 1.89 bits per heavy atom. The molecule has 0 unspecified atom stereocenters. The van der Waals surface area contributed by atoms with E-state index in [1.807, 2.05) is 6.07 Å². The lowest BCUT2D eigenvalue weighted by molar-refractivity contribution is 0.0259. The highest BCUT2D eigenvalue weighted by atomic mass is 15.2. The van der Waals surface area contributed by atoms with Crippen LogP contribution < -0.4 is 5.73 Å². The second-order valence-electron chi connectivity index (χ2n) is 6.35. The average Bonchev–Trinajstić information content (AvgIpc) is 2.28. The third kappa shape index (κ3) is 3.10. The molecule has 0 heterocycles. The summed E-state index contributed by atoms with van der Waals surface area (Å²) in [7, 11) is 6.60. The summed E-state index contributed by atoms with van der Waals surface area (Å²) in [5, 5.41) is 0. The second kappa shape index (κ2) is 5.51. The predicted molar refractivity (Wildman–Crippen MR) is 82.2 cm³/mol. The molecule has 1 aliphatic rings. The quantitative estimate of drug-likeness (QED) is 0.827. The van der Waals surface area contributed by atoms with Gasteiger partial charge in [0.2, 0.25) is 0 Å². The van der Waals surface area contributed by atoms with Crippen molar-refractivity contribution in [1.29, 1.82) is 0 Å². The van der Waals surface area contributed by atoms with Gasteiger partial charge >= 0.3 is 0 Å². The van der Waals surface area contributed by atoms with Crippen LogP contribution in [0.2, 0.25) is 0 Å². The number of rotatable bonds is 5. The van der Waals surface area contributed by atoms with E-state index in [1.165, 1.54) is 30.4 Å². The third-order valence-electron chi connectivity index (χ3n) is 4.54. The number of nitrogen functional groups attached to an aromatic ring is 1. The highest BCUT2D eigenvalue weighted by Crippen LogP contribution is 2.36. The largest absolute Gasteiger partial charge is 0.398 e. The van der Waals surface area contributed by atoms with Gasteiger partial charge in [-0.05, 0) is 59.0 Å². The second-order valence-corrected chi connectivity index (χ2v) is 6.35. The van der Waals surface area contributed by atoms with Gasteiger partial charge in [-0.15, -0.1) is 0 Å². The van der Waals surface area contributed by atoms with Crippen molar-refractivity contribution in [3.63, 3.8) is 0 Å². The van der Waals surface area contributed by atoms with Crippen LogP contribution in [0.5, 0.6) is 0 Å². The van der Waals surface area contributed by atoms with Crippen molar-refractivity contribution in [2.24, 2.45) is 0 Å². The van der Waals surface area contributed by atoms with Gasteiger partial charge < -0.3 is 15.5 Å². The van der Waals surface area contributed by atoms with Gasteiger partial charge in [0.25, 0.3) is 0 Å². The van der Waals surface area contributed by atoms with Crippen molar-refractivity contribution < 1.29 is 0 Å². The van der Waals surface area contributed by atoms with Crippen molar-refractivity contribution in [3.05, 3.63) is 29.3 Å². The lowest BCUT2D eigenvalue weighted by Crippen LogP contribution is -2.56. The van der Waals surface area contributed by atoms with Gasteiger partial charge in [0, 0.05) is 24.3 Å². The van der Waals surface area contributed by atoms with Gasteiger partial charge in [-0.1, -0.05) is 17.7 Å². The Morgan fingerprint density at radius 3 is 2.42 bits per heavy atom. The summed E-state index contributed by atoms with van der Waals surface area (Å²) >= 11 is 0. The van der Waals surface area contributed by atoms with Crippen LogP contribution in [0.4, 0.5) is 5.69 Å². The number of hydrogen-bond acceptors (Lipinski definition) is 3. The highest BCUT2D eigenvalue weighted by molar-refractivity contribution is 5.48. The van der Waals surface area contributed by atoms with Crippen molar-refractivity contribution in [1.82, 2.24) is 9.80 Å². The molecule has 2 rings (SSSR count). The van der Waals surface area contributed by atoms with Crippen LogP contribution in [-0.4, -0.2) is 43.0 Å². The number of hydrogen-bond donors (Lipinski definition) is 1. The highest BCUT2D eigenvalue weighted by Gasteiger charge is 2.39. The van der Waals surface area contributed by atoms with E-state index >= 15 is 0 Å². The fraction of sp³-hybridized carbons (Fsp3) is 0.625. The molecule has 0 aliphatic heterocycles. The maximum Gasteiger partial charge on any atom is 0.0359 e. The first-order chi connectivity index (χ1) is 8.93. The lowest BCUT2D eigenvalue weighted by atomic mass is 9.75. The van der Waals surface area contributed by atoms with Gasteiger partial charge in [-0.3, -0.25) is 0 Å². The first-order valence-corrected chi connectivity index (χ1v) is 7.14. The van der Waals surface area contributed by atoms with Crippen LogP contribution in [0.15, 0.2) is 18.2 Å². The van der Waals surface area contributed by atoms with Crippen LogP contribution in [0.25, 0.3) is 0 Å². The fourth-order valence-corrected chi connectivity index (χ4v) is 3.05. The minimum absolute atomic E-state index is 0.382. The molecule has 2 N–H and O–H groups in total. The molecule has 19 heavy (non-hydrogen) atoms. The first kappa shape index (κ1) is 14.4. The predicted octanol–water partition coefficient (Wildman–Crippen LogP) is 2.49. The monoisotopic (exact) mass is 261 g/mol. The molecule has 3 nitrogen and oxygen atoms in total. The molecular formula is C16H27N3. The van der Waals surface area contributed by atoms with Gasteiger partial charge in [0.15, 0.2) is 0 Å². The van der Waals surface area contributed by atoms with E-state index < -0.39 is 0 Å². The Bertz CT molecular complexity index is 436. The van der Waals surface area contributed by atoms with Crippen molar-refractivity contribution in [2.75, 3.05) is 33.4 Å². The molecular weight excluding hydrogens is 234 g/mol. The Labute approximate surface area is 117 Å². The zero-order chi connectivity index (χ0) is 14.0. The molecule has 1 aromatic rings. The molecule has 0 atom stereocenters. The van der Waals surface area contributed by atoms with Crippen molar-refractivity contribution >= 4 is 5.69 Å². The normalized spacial score (nSPS) is 17.8. The van der Waals surface area contributed by atoms with Crippen molar-refractivity contribution in [3.8, 4) is 0 Å². The number of likely N-dealkylation sites (N-methyl/N-ethyl adjacent to an activating group) is 2. The van der Waals surface area contributed by atoms with E-state index in [0.717, 1.165) is 18.8 Å². The summed E-state index contributed by atoms with van der Waals surface area (Å²) in [6.07, 6.45) is 3.99. The molecule has 0 spiro atoms. The number of anilines is 1. The average molecular weight is 261 g/mol. The maximum absolute atomic E-state index is 6.07. The van der Waals surface area contributed by atoms with E-state index in [-0.39, 0.29) is 0 Å². The van der Waals surface area contributed by atoms with Gasteiger partial charge in [0.1, 0.15) is 0 Å². The number of nitrogens with two attached hydrogens (primary N) is 1. The van der Waals surface area contributed by atoms with Gasteiger partial charge in [-0.2, -0.15) is 0 Å². The maximum atomic E-state index is 6.07. The summed E-state index contributed by atoms with van der Waals surface area (Å²) in [5.41, 5.74) is 9.89. The van der Waals surface area contributed by atoms with Crippen LogP contribution in [0, 0.1) is 6.92 Å². The van der Waals surface area contributed by atoms with Crippen LogP contribution in [0.3, 0.4) is 0 Å². The standard InChI is InChI=1S/C16H27N3/c1-13-6-7-15(17)14(10-13)11-19(4)12-16(18(2)3)8-5-9-16/h6-7,10H,5,8-9,11-12,17H2,1-4H3. The SMILES string of the molecule is Cc1ccc(N)c(CN(C)CC2(N(C)C)CCC2)c1. The molecule has 0 bridgehead atoms. The summed E-state index contributed by atoms with van der Waals surface area (Å²) in [6.45, 7) is 4.17. The smallest absolute Gasteiger partial charge is 0.0359 e. The Morgan fingerprint density at radius 1 is 1.21 bits per heavy atom. The molecule has 3 heteroatoms. The molecule has 0 saturated heterocycles. The van der Waals surface area contributed by atoms with Crippen molar-refractivity contribution in [2.45, 2.75) is 38.3 Å². The Kier molecular flexibility index (Phi) is 4.16. The van der Waals surface area contributed by atoms with E-state index in [1.54, 1.807) is 0 Å². The number of nitrogens with zero attached hydrogens (tertiary/aromatic N) is 2. The van der Waals surface area contributed by atoms with E-state index in [0.29, 0.717) is 5.54 Å². The van der Waals surface area contributed by atoms with Crippen LogP contribution in [-0.2, 0) is 6.54 Å². The summed E-state index contributed by atoms with van der Waals surface area (Å²) in [6, 6.07) is 6.30. The topological polar surface area (TPSA) is 32.5 Å². The number of benzene rings is 1. The summed E-state index contributed by atoms with van der Waals surface area (Å²) < 4.78 is 0. The lowest BCUT2D eigenvalue weighted by Gasteiger charge is -2.49. The zero-order valence-electron chi connectivity index (χ0n) is 12.7. The number of aryl methyl sites for hydroxylation is 1. The van der Waals surface area contributed by atoms with E-state index in [9.17, 15) is 0 Å². The third-order valence-corrected chi connectivity index (χ3v) is 4.54. The molecule has 0 aromatic heterocycles. The van der Waals surface area contributed by atoms with E-state index in [4.69, 9.17) is 5.73 Å². The fourth-order valence-electron chi connectivity index (χ4n) is 3.05. The first-order valence-electron chi connectivity index (χ1n) is 7.14. The molecule has 1 saturated carbocycles. The van der Waals surface area contributed by atoms with Gasteiger partial charge in [0.05, 0.1) is 0 Å². The van der Waals surface area contributed by atoms with Gasteiger partial charge in [-0.25, -0.2) is 0 Å². The summed E-state index contributed by atoms with van der Waals surface area (Å²) in [4.78, 5) is 4.80. The molecule has 106 valence electrons. The minimum atomic E-state index is 0.382. The van der Waals surface area contributed by atoms with Crippen LogP contribution in [0.1, 0.15) is 30.4 Å².